The SMILES string of the molecule is C=C(N)SC(C)C(C)=O. The third-order valence-corrected chi connectivity index (χ3v) is 1.89. The van der Waals surface area contributed by atoms with Crippen molar-refractivity contribution in [3.05, 3.63) is 11.6 Å². The summed E-state index contributed by atoms with van der Waals surface area (Å²) >= 11 is 1.30. The number of hydrogen-bond acceptors (Lipinski definition) is 3. The largest absolute Gasteiger partial charge is 0.394 e. The minimum absolute atomic E-state index is 0.0532. The Morgan fingerprint density at radius 2 is 2.22 bits per heavy atom. The smallest absolute Gasteiger partial charge is 0.142 e. The van der Waals surface area contributed by atoms with Crippen LogP contribution in [-0.2, 0) is 4.79 Å². The summed E-state index contributed by atoms with van der Waals surface area (Å²) in [6.07, 6.45) is 0. The summed E-state index contributed by atoms with van der Waals surface area (Å²) in [5, 5.41) is 0.445. The molecule has 0 bridgehead atoms. The van der Waals surface area contributed by atoms with Gasteiger partial charge in [-0.1, -0.05) is 18.3 Å². The summed E-state index contributed by atoms with van der Waals surface area (Å²) in [4.78, 5) is 10.6. The van der Waals surface area contributed by atoms with Crippen LogP contribution in [0, 0.1) is 0 Å². The standard InChI is InChI=1S/C6H11NOS/c1-4(8)5(2)9-6(3)7/h5H,3,7H2,1-2H3. The Kier molecular flexibility index (Phi) is 3.39. The number of carbonyl (C=O) groups is 1. The lowest BCUT2D eigenvalue weighted by molar-refractivity contribution is -0.116. The molecule has 0 aliphatic heterocycles. The Hall–Kier alpha value is -0.440. The van der Waals surface area contributed by atoms with Gasteiger partial charge in [0.2, 0.25) is 0 Å². The predicted molar refractivity (Wildman–Crippen MR) is 41.1 cm³/mol. The third kappa shape index (κ3) is 4.09. The summed E-state index contributed by atoms with van der Waals surface area (Å²) in [6, 6.07) is 0. The number of thioether (sulfide) groups is 1. The number of Topliss-reactive ketones (excluding diaryl/α,β-unsaturated/α-hetero) is 1. The van der Waals surface area contributed by atoms with Gasteiger partial charge in [-0.2, -0.15) is 0 Å². The van der Waals surface area contributed by atoms with Gasteiger partial charge in [-0.3, -0.25) is 4.79 Å². The fourth-order valence-electron chi connectivity index (χ4n) is 0.310. The third-order valence-electron chi connectivity index (χ3n) is 0.901. The Morgan fingerprint density at radius 3 is 2.33 bits per heavy atom. The minimum atomic E-state index is -0.0532. The van der Waals surface area contributed by atoms with Crippen molar-refractivity contribution in [3.63, 3.8) is 0 Å². The van der Waals surface area contributed by atoms with E-state index in [0.717, 1.165) is 0 Å². The Balaban J connectivity index is 3.63. The fraction of sp³-hybridized carbons (Fsp3) is 0.500. The van der Waals surface area contributed by atoms with E-state index >= 15 is 0 Å². The molecule has 0 spiro atoms. The first-order chi connectivity index (χ1) is 4.04. The van der Waals surface area contributed by atoms with E-state index in [2.05, 4.69) is 6.58 Å². The van der Waals surface area contributed by atoms with E-state index in [-0.39, 0.29) is 11.0 Å². The van der Waals surface area contributed by atoms with Gasteiger partial charge in [0.1, 0.15) is 5.78 Å². The van der Waals surface area contributed by atoms with E-state index in [1.165, 1.54) is 11.8 Å². The van der Waals surface area contributed by atoms with E-state index in [1.807, 2.05) is 6.92 Å². The molecule has 1 unspecified atom stereocenters. The van der Waals surface area contributed by atoms with Gasteiger partial charge in [0, 0.05) is 0 Å². The minimum Gasteiger partial charge on any atom is -0.394 e. The van der Waals surface area contributed by atoms with Gasteiger partial charge in [0.15, 0.2) is 0 Å². The van der Waals surface area contributed by atoms with Crippen LogP contribution in [0.1, 0.15) is 13.8 Å². The topological polar surface area (TPSA) is 43.1 Å². The molecule has 2 N–H and O–H groups in total. The predicted octanol–water partition coefficient (Wildman–Crippen LogP) is 1.13. The van der Waals surface area contributed by atoms with Crippen LogP contribution >= 0.6 is 11.8 Å². The molecule has 0 aromatic carbocycles. The number of carbonyl (C=O) groups excluding carboxylic acids is 1. The van der Waals surface area contributed by atoms with Gasteiger partial charge in [-0.25, -0.2) is 0 Å². The average Bonchev–Trinajstić information content (AvgIpc) is 1.63. The van der Waals surface area contributed by atoms with Gasteiger partial charge < -0.3 is 5.73 Å². The molecule has 3 heteroatoms. The molecule has 2 nitrogen and oxygen atoms in total. The van der Waals surface area contributed by atoms with Crippen molar-refractivity contribution in [2.24, 2.45) is 5.73 Å². The fourth-order valence-corrected chi connectivity index (χ4v) is 0.930. The molecule has 0 aromatic rings. The highest BCUT2D eigenvalue weighted by Crippen LogP contribution is 2.15. The second-order valence-electron chi connectivity index (χ2n) is 1.84. The maximum Gasteiger partial charge on any atom is 0.142 e. The quantitative estimate of drug-likeness (QED) is 0.647. The second-order valence-corrected chi connectivity index (χ2v) is 3.30. The molecule has 0 aliphatic rings. The van der Waals surface area contributed by atoms with E-state index in [0.29, 0.717) is 5.03 Å². The van der Waals surface area contributed by atoms with Crippen LogP contribution < -0.4 is 5.73 Å². The van der Waals surface area contributed by atoms with Gasteiger partial charge in [0.05, 0.1) is 10.3 Å². The summed E-state index contributed by atoms with van der Waals surface area (Å²) in [7, 11) is 0. The first-order valence-electron chi connectivity index (χ1n) is 2.65. The average molecular weight is 145 g/mol. The van der Waals surface area contributed by atoms with Crippen molar-refractivity contribution in [1.82, 2.24) is 0 Å². The van der Waals surface area contributed by atoms with Crippen LogP contribution in [0.25, 0.3) is 0 Å². The summed E-state index contributed by atoms with van der Waals surface area (Å²) in [6.45, 7) is 6.82. The first-order valence-corrected chi connectivity index (χ1v) is 3.53. The van der Waals surface area contributed by atoms with Gasteiger partial charge in [0.25, 0.3) is 0 Å². The van der Waals surface area contributed by atoms with E-state index in [4.69, 9.17) is 5.73 Å². The maximum atomic E-state index is 10.6. The molecular weight excluding hydrogens is 134 g/mol. The van der Waals surface area contributed by atoms with Crippen LogP contribution in [0.5, 0.6) is 0 Å². The number of rotatable bonds is 3. The molecule has 9 heavy (non-hydrogen) atoms. The zero-order valence-corrected chi connectivity index (χ0v) is 6.49. The molecule has 0 aliphatic carbocycles. The lowest BCUT2D eigenvalue weighted by atomic mass is 10.3. The maximum absolute atomic E-state index is 10.6. The van der Waals surface area contributed by atoms with E-state index in [1.54, 1.807) is 6.92 Å². The van der Waals surface area contributed by atoms with Crippen LogP contribution in [0.15, 0.2) is 11.6 Å². The zero-order chi connectivity index (χ0) is 7.44. The van der Waals surface area contributed by atoms with E-state index < -0.39 is 0 Å². The molecular formula is C6H11NOS. The molecule has 0 heterocycles. The highest BCUT2D eigenvalue weighted by atomic mass is 32.2. The summed E-state index contributed by atoms with van der Waals surface area (Å²) in [5.74, 6) is 0.131. The van der Waals surface area contributed by atoms with Crippen molar-refractivity contribution >= 4 is 17.5 Å². The molecule has 0 amide bonds. The molecule has 0 fully saturated rings. The van der Waals surface area contributed by atoms with Crippen molar-refractivity contribution in [2.75, 3.05) is 0 Å². The number of ketones is 1. The number of nitrogens with two attached hydrogens (primary N) is 1. The zero-order valence-electron chi connectivity index (χ0n) is 5.68. The molecule has 52 valence electrons. The lowest BCUT2D eigenvalue weighted by Gasteiger charge is -2.04. The molecule has 0 saturated carbocycles. The first kappa shape index (κ1) is 8.56. The van der Waals surface area contributed by atoms with Gasteiger partial charge in [-0.15, -0.1) is 0 Å². The van der Waals surface area contributed by atoms with Crippen molar-refractivity contribution in [1.29, 1.82) is 0 Å². The van der Waals surface area contributed by atoms with Gasteiger partial charge in [-0.05, 0) is 13.8 Å². The summed E-state index contributed by atoms with van der Waals surface area (Å²) < 4.78 is 0. The molecule has 0 radical (unpaired) electrons. The van der Waals surface area contributed by atoms with E-state index in [9.17, 15) is 4.79 Å². The second kappa shape index (κ2) is 3.56. The van der Waals surface area contributed by atoms with Crippen molar-refractivity contribution < 1.29 is 4.79 Å². The monoisotopic (exact) mass is 145 g/mol. The van der Waals surface area contributed by atoms with Crippen LogP contribution in [0.4, 0.5) is 0 Å². The molecule has 1 atom stereocenters. The normalized spacial score (nSPS) is 12.7. The Morgan fingerprint density at radius 1 is 1.78 bits per heavy atom. The van der Waals surface area contributed by atoms with Gasteiger partial charge >= 0.3 is 0 Å². The summed E-state index contributed by atoms with van der Waals surface area (Å²) in [5.41, 5.74) is 5.25. The molecule has 0 aromatic heterocycles. The number of hydrogen-bond donors (Lipinski definition) is 1. The van der Waals surface area contributed by atoms with Crippen molar-refractivity contribution in [3.8, 4) is 0 Å². The lowest BCUT2D eigenvalue weighted by Crippen LogP contribution is -2.09. The highest BCUT2D eigenvalue weighted by molar-refractivity contribution is 8.04. The van der Waals surface area contributed by atoms with Crippen LogP contribution in [0.2, 0.25) is 0 Å². The molecule has 0 rings (SSSR count). The van der Waals surface area contributed by atoms with Crippen LogP contribution in [-0.4, -0.2) is 11.0 Å². The highest BCUT2D eigenvalue weighted by Gasteiger charge is 2.06. The Bertz CT molecular complexity index is 133. The van der Waals surface area contributed by atoms with Crippen molar-refractivity contribution in [2.45, 2.75) is 19.1 Å². The molecule has 0 saturated heterocycles. The Labute approximate surface area is 59.5 Å². The van der Waals surface area contributed by atoms with Crippen LogP contribution in [0.3, 0.4) is 0 Å².